The van der Waals surface area contributed by atoms with Gasteiger partial charge in [-0.2, -0.15) is 0 Å². The molecule has 0 aliphatic carbocycles. The van der Waals surface area contributed by atoms with Crippen LogP contribution in [0.1, 0.15) is 28.3 Å². The molecule has 102 valence electrons. The smallest absolute Gasteiger partial charge is 0.335 e. The van der Waals surface area contributed by atoms with Crippen molar-refractivity contribution < 1.29 is 24.7 Å². The highest BCUT2D eigenvalue weighted by Crippen LogP contribution is 2.22. The molecule has 1 rings (SSSR count). The number of nitrogens with zero attached hydrogens (tertiary/aromatic N) is 1. The SMILES string of the molecule is C#CCC(C(=NO)C(=O)C=O)c1ccc(C(=O)O)cc1. The second kappa shape index (κ2) is 6.85. The molecule has 0 saturated carbocycles. The Bertz CT molecular complexity index is 595. The zero-order valence-corrected chi connectivity index (χ0v) is 10.3. The number of carbonyl (C=O) groups is 3. The van der Waals surface area contributed by atoms with Crippen molar-refractivity contribution in [2.75, 3.05) is 0 Å². The average molecular weight is 273 g/mol. The Labute approximate surface area is 114 Å². The number of carboxylic acids is 1. The largest absolute Gasteiger partial charge is 0.478 e. The first-order valence-electron chi connectivity index (χ1n) is 5.53. The van der Waals surface area contributed by atoms with E-state index in [1.54, 1.807) is 0 Å². The third kappa shape index (κ3) is 3.29. The van der Waals surface area contributed by atoms with Gasteiger partial charge in [-0.3, -0.25) is 9.59 Å². The Hall–Kier alpha value is -2.94. The number of Topliss-reactive ketones (excluding diaryl/α,β-unsaturated/α-hetero) is 1. The molecule has 0 aliphatic heterocycles. The first-order valence-corrected chi connectivity index (χ1v) is 5.53. The lowest BCUT2D eigenvalue weighted by Crippen LogP contribution is -2.23. The number of hydrogen-bond donors (Lipinski definition) is 2. The molecule has 0 aliphatic rings. The van der Waals surface area contributed by atoms with Crippen molar-refractivity contribution in [3.63, 3.8) is 0 Å². The van der Waals surface area contributed by atoms with Crippen molar-refractivity contribution >= 4 is 23.8 Å². The van der Waals surface area contributed by atoms with Crippen LogP contribution in [-0.2, 0) is 9.59 Å². The van der Waals surface area contributed by atoms with Gasteiger partial charge >= 0.3 is 5.97 Å². The lowest BCUT2D eigenvalue weighted by Gasteiger charge is -2.14. The van der Waals surface area contributed by atoms with Crippen LogP contribution >= 0.6 is 0 Å². The fourth-order valence-electron chi connectivity index (χ4n) is 1.70. The molecule has 6 heteroatoms. The lowest BCUT2D eigenvalue weighted by molar-refractivity contribution is -0.125. The number of carboxylic acid groups (broad SMARTS) is 1. The van der Waals surface area contributed by atoms with Gasteiger partial charge in [-0.15, -0.1) is 12.3 Å². The van der Waals surface area contributed by atoms with E-state index in [1.807, 2.05) is 0 Å². The third-order valence-corrected chi connectivity index (χ3v) is 2.68. The maximum absolute atomic E-state index is 11.4. The first-order chi connectivity index (χ1) is 9.54. The summed E-state index contributed by atoms with van der Waals surface area (Å²) in [5.41, 5.74) is 0.175. The summed E-state index contributed by atoms with van der Waals surface area (Å²) in [6, 6.07) is 5.58. The van der Waals surface area contributed by atoms with Crippen molar-refractivity contribution in [3.05, 3.63) is 35.4 Å². The maximum atomic E-state index is 11.4. The lowest BCUT2D eigenvalue weighted by atomic mass is 9.89. The van der Waals surface area contributed by atoms with Crippen LogP contribution < -0.4 is 0 Å². The van der Waals surface area contributed by atoms with Gasteiger partial charge < -0.3 is 10.3 Å². The molecule has 1 unspecified atom stereocenters. The van der Waals surface area contributed by atoms with Crippen LogP contribution in [-0.4, -0.2) is 34.1 Å². The van der Waals surface area contributed by atoms with E-state index in [-0.39, 0.29) is 24.0 Å². The van der Waals surface area contributed by atoms with Gasteiger partial charge in [0, 0.05) is 12.3 Å². The number of oxime groups is 1. The van der Waals surface area contributed by atoms with Crippen LogP contribution in [0.4, 0.5) is 0 Å². The van der Waals surface area contributed by atoms with Gasteiger partial charge in [0.2, 0.25) is 5.78 Å². The number of hydrogen-bond acceptors (Lipinski definition) is 5. The van der Waals surface area contributed by atoms with E-state index in [1.165, 1.54) is 24.3 Å². The van der Waals surface area contributed by atoms with E-state index in [0.717, 1.165) is 0 Å². The van der Waals surface area contributed by atoms with Crippen LogP contribution in [0.3, 0.4) is 0 Å². The topological polar surface area (TPSA) is 104 Å². The van der Waals surface area contributed by atoms with Gasteiger partial charge in [0.05, 0.1) is 5.56 Å². The van der Waals surface area contributed by atoms with Gasteiger partial charge in [-0.25, -0.2) is 4.79 Å². The fraction of sp³-hybridized carbons (Fsp3) is 0.143. The van der Waals surface area contributed by atoms with Crippen molar-refractivity contribution in [2.45, 2.75) is 12.3 Å². The van der Waals surface area contributed by atoms with Gasteiger partial charge in [-0.05, 0) is 17.7 Å². The number of terminal acetylenes is 1. The average Bonchev–Trinajstić information content (AvgIpc) is 2.46. The molecule has 2 N–H and O–H groups in total. The van der Waals surface area contributed by atoms with E-state index < -0.39 is 17.7 Å². The van der Waals surface area contributed by atoms with Crippen LogP contribution in [0, 0.1) is 12.3 Å². The molecule has 1 aromatic rings. The van der Waals surface area contributed by atoms with Crippen molar-refractivity contribution in [3.8, 4) is 12.3 Å². The Morgan fingerprint density at radius 2 is 1.95 bits per heavy atom. The molecule has 0 amide bonds. The molecule has 1 atom stereocenters. The molecule has 0 bridgehead atoms. The van der Waals surface area contributed by atoms with Gasteiger partial charge in [0.25, 0.3) is 0 Å². The van der Waals surface area contributed by atoms with Gasteiger partial charge in [0.15, 0.2) is 6.29 Å². The summed E-state index contributed by atoms with van der Waals surface area (Å²) < 4.78 is 0. The summed E-state index contributed by atoms with van der Waals surface area (Å²) in [6.45, 7) is 0. The highest BCUT2D eigenvalue weighted by atomic mass is 16.4. The first kappa shape index (κ1) is 15.1. The molecular weight excluding hydrogens is 262 g/mol. The summed E-state index contributed by atoms with van der Waals surface area (Å²) in [4.78, 5) is 32.7. The number of carbonyl (C=O) groups excluding carboxylic acids is 2. The molecule has 0 heterocycles. The molecule has 0 fully saturated rings. The number of rotatable bonds is 6. The molecule has 6 nitrogen and oxygen atoms in total. The number of benzene rings is 1. The monoisotopic (exact) mass is 273 g/mol. The number of aldehydes is 1. The third-order valence-electron chi connectivity index (χ3n) is 2.68. The van der Waals surface area contributed by atoms with E-state index >= 15 is 0 Å². The van der Waals surface area contributed by atoms with Crippen LogP contribution in [0.5, 0.6) is 0 Å². The van der Waals surface area contributed by atoms with Crippen molar-refractivity contribution in [1.82, 2.24) is 0 Å². The Morgan fingerprint density at radius 1 is 1.35 bits per heavy atom. The minimum atomic E-state index is -1.09. The Balaban J connectivity index is 3.20. The summed E-state index contributed by atoms with van der Waals surface area (Å²) in [5.74, 6) is -0.521. The summed E-state index contributed by atoms with van der Waals surface area (Å²) in [7, 11) is 0. The highest BCUT2D eigenvalue weighted by Gasteiger charge is 2.24. The molecule has 0 radical (unpaired) electrons. The fourth-order valence-corrected chi connectivity index (χ4v) is 1.70. The highest BCUT2D eigenvalue weighted by molar-refractivity contribution is 6.60. The van der Waals surface area contributed by atoms with E-state index in [0.29, 0.717) is 5.56 Å². The van der Waals surface area contributed by atoms with E-state index in [9.17, 15) is 14.4 Å². The molecule has 0 aromatic heterocycles. The standard InChI is InChI=1S/C14H11NO5/c1-2-3-11(13(15-20)12(17)8-16)9-4-6-10(7-5-9)14(18)19/h1,4-8,11,20H,3H2,(H,18,19). The summed E-state index contributed by atoms with van der Waals surface area (Å²) in [6.07, 6.45) is 5.26. The number of aromatic carboxylic acids is 1. The maximum Gasteiger partial charge on any atom is 0.335 e. The predicted molar refractivity (Wildman–Crippen MR) is 69.9 cm³/mol. The second-order valence-electron chi connectivity index (χ2n) is 3.86. The summed E-state index contributed by atoms with van der Waals surface area (Å²) in [5, 5.41) is 20.5. The minimum absolute atomic E-state index is 0.0319. The van der Waals surface area contributed by atoms with Gasteiger partial charge in [0.1, 0.15) is 5.71 Å². The zero-order chi connectivity index (χ0) is 15.1. The van der Waals surface area contributed by atoms with Crippen LogP contribution in [0.15, 0.2) is 29.4 Å². The van der Waals surface area contributed by atoms with Crippen molar-refractivity contribution in [2.24, 2.45) is 5.16 Å². The molecule has 1 aromatic carbocycles. The summed E-state index contributed by atoms with van der Waals surface area (Å²) >= 11 is 0. The normalized spacial score (nSPS) is 12.2. The second-order valence-corrected chi connectivity index (χ2v) is 3.86. The van der Waals surface area contributed by atoms with Crippen molar-refractivity contribution in [1.29, 1.82) is 0 Å². The molecule has 0 spiro atoms. The molecule has 0 saturated heterocycles. The van der Waals surface area contributed by atoms with E-state index in [4.69, 9.17) is 16.7 Å². The minimum Gasteiger partial charge on any atom is -0.478 e. The van der Waals surface area contributed by atoms with Crippen LogP contribution in [0.2, 0.25) is 0 Å². The Kier molecular flexibility index (Phi) is 5.18. The predicted octanol–water partition coefficient (Wildman–Crippen LogP) is 1.09. The van der Waals surface area contributed by atoms with E-state index in [2.05, 4.69) is 11.1 Å². The number of ketones is 1. The zero-order valence-electron chi connectivity index (χ0n) is 10.3. The quantitative estimate of drug-likeness (QED) is 0.202. The molecular formula is C14H11NO5. The molecule has 20 heavy (non-hydrogen) atoms. The van der Waals surface area contributed by atoms with Crippen LogP contribution in [0.25, 0.3) is 0 Å². The Morgan fingerprint density at radius 3 is 2.35 bits per heavy atom. The van der Waals surface area contributed by atoms with Gasteiger partial charge in [-0.1, -0.05) is 17.3 Å².